The predicted octanol–water partition coefficient (Wildman–Crippen LogP) is 2.37. The Bertz CT molecular complexity index is 734. The van der Waals surface area contributed by atoms with Gasteiger partial charge in [0, 0.05) is 31.9 Å². The van der Waals surface area contributed by atoms with E-state index in [0.717, 1.165) is 17.7 Å². The molecule has 6 heteroatoms. The van der Waals surface area contributed by atoms with Crippen molar-refractivity contribution < 1.29 is 4.79 Å². The van der Waals surface area contributed by atoms with Gasteiger partial charge >= 0.3 is 0 Å². The molecule has 27 heavy (non-hydrogen) atoms. The first-order valence-corrected chi connectivity index (χ1v) is 9.89. The lowest BCUT2D eigenvalue weighted by molar-refractivity contribution is -0.123. The quantitative estimate of drug-likeness (QED) is 0.787. The van der Waals surface area contributed by atoms with Crippen LogP contribution in [0.2, 0.25) is 0 Å². The number of amides is 1. The fourth-order valence-corrected chi connectivity index (χ4v) is 3.72. The molecule has 0 spiro atoms. The fourth-order valence-electron chi connectivity index (χ4n) is 3.72. The van der Waals surface area contributed by atoms with E-state index in [1.165, 1.54) is 44.3 Å². The molecular weight excluding hydrogens is 338 g/mol. The van der Waals surface area contributed by atoms with Crippen molar-refractivity contribution >= 4 is 5.91 Å². The van der Waals surface area contributed by atoms with Crippen LogP contribution in [0.4, 0.5) is 0 Å². The Balaban J connectivity index is 1.56. The van der Waals surface area contributed by atoms with E-state index in [9.17, 15) is 4.79 Å². The number of likely N-dealkylation sites (tertiary alicyclic amines) is 1. The number of benzene rings is 1. The molecule has 1 aromatic carbocycles. The minimum Gasteiger partial charge on any atom is -0.350 e. The van der Waals surface area contributed by atoms with Crippen molar-refractivity contribution in [1.82, 2.24) is 25.3 Å². The molecule has 0 radical (unpaired) electrons. The molecule has 2 N–H and O–H groups in total. The molecule has 1 aromatic heterocycles. The van der Waals surface area contributed by atoms with Gasteiger partial charge in [0.05, 0.1) is 6.20 Å². The summed E-state index contributed by atoms with van der Waals surface area (Å²) in [7, 11) is 3.64. The van der Waals surface area contributed by atoms with Gasteiger partial charge in [0.2, 0.25) is 5.91 Å². The van der Waals surface area contributed by atoms with Crippen LogP contribution < -0.4 is 10.6 Å². The lowest BCUT2D eigenvalue weighted by atomic mass is 10.1. The van der Waals surface area contributed by atoms with Crippen molar-refractivity contribution in [1.29, 1.82) is 0 Å². The Morgan fingerprint density at radius 1 is 1.19 bits per heavy atom. The summed E-state index contributed by atoms with van der Waals surface area (Å²) in [6.45, 7) is 3.91. The van der Waals surface area contributed by atoms with Crippen molar-refractivity contribution in [3.8, 4) is 0 Å². The summed E-state index contributed by atoms with van der Waals surface area (Å²) in [5.41, 5.74) is 3.32. The molecule has 1 aliphatic heterocycles. The van der Waals surface area contributed by atoms with E-state index >= 15 is 0 Å². The SMILES string of the molecule is CNC(C(=O)NCc1cccc(CN2CCCCCC2)c1)c1cnn(C)c1. The molecule has 1 fully saturated rings. The average molecular weight is 370 g/mol. The third-order valence-electron chi connectivity index (χ3n) is 5.17. The largest absolute Gasteiger partial charge is 0.350 e. The van der Waals surface area contributed by atoms with Crippen LogP contribution in [-0.4, -0.2) is 40.7 Å². The lowest BCUT2D eigenvalue weighted by Gasteiger charge is -2.20. The number of likely N-dealkylation sites (N-methyl/N-ethyl adjacent to an activating group) is 1. The Morgan fingerprint density at radius 2 is 1.93 bits per heavy atom. The van der Waals surface area contributed by atoms with Crippen LogP contribution in [0.1, 0.15) is 48.4 Å². The van der Waals surface area contributed by atoms with E-state index in [1.807, 2.05) is 13.2 Å². The summed E-state index contributed by atoms with van der Waals surface area (Å²) >= 11 is 0. The van der Waals surface area contributed by atoms with Gasteiger partial charge in [-0.3, -0.25) is 14.4 Å². The molecule has 0 aliphatic carbocycles. The summed E-state index contributed by atoms with van der Waals surface area (Å²) in [5, 5.41) is 10.3. The number of nitrogens with one attached hydrogen (secondary N) is 2. The van der Waals surface area contributed by atoms with Crippen molar-refractivity contribution in [3.05, 3.63) is 53.3 Å². The fraction of sp³-hybridized carbons (Fsp3) is 0.524. The van der Waals surface area contributed by atoms with E-state index in [4.69, 9.17) is 0 Å². The molecule has 3 rings (SSSR count). The number of hydrogen-bond acceptors (Lipinski definition) is 4. The third-order valence-corrected chi connectivity index (χ3v) is 5.17. The zero-order valence-electron chi connectivity index (χ0n) is 16.4. The monoisotopic (exact) mass is 369 g/mol. The van der Waals surface area contributed by atoms with Crippen LogP contribution in [0.25, 0.3) is 0 Å². The Kier molecular flexibility index (Phi) is 7.01. The predicted molar refractivity (Wildman–Crippen MR) is 107 cm³/mol. The molecule has 146 valence electrons. The summed E-state index contributed by atoms with van der Waals surface area (Å²) in [5.74, 6) is -0.0385. The Hall–Kier alpha value is -2.18. The molecule has 6 nitrogen and oxygen atoms in total. The highest BCUT2D eigenvalue weighted by Gasteiger charge is 2.19. The van der Waals surface area contributed by atoms with Crippen LogP contribution >= 0.6 is 0 Å². The molecule has 1 saturated heterocycles. The first kappa shape index (κ1) is 19.6. The number of carbonyl (C=O) groups is 1. The molecule has 1 atom stereocenters. The van der Waals surface area contributed by atoms with Crippen molar-refractivity contribution in [2.45, 2.75) is 44.8 Å². The van der Waals surface area contributed by atoms with Gasteiger partial charge < -0.3 is 10.6 Å². The number of carbonyl (C=O) groups excluding carboxylic acids is 1. The van der Waals surface area contributed by atoms with Gasteiger partial charge in [0.1, 0.15) is 6.04 Å². The zero-order valence-corrected chi connectivity index (χ0v) is 16.4. The maximum atomic E-state index is 12.6. The van der Waals surface area contributed by atoms with E-state index in [0.29, 0.717) is 6.54 Å². The number of nitrogens with zero attached hydrogens (tertiary/aromatic N) is 3. The van der Waals surface area contributed by atoms with Gasteiger partial charge in [-0.2, -0.15) is 5.10 Å². The zero-order chi connectivity index (χ0) is 19.1. The maximum absolute atomic E-state index is 12.6. The second-order valence-corrected chi connectivity index (χ2v) is 7.40. The highest BCUT2D eigenvalue weighted by atomic mass is 16.2. The molecule has 0 bridgehead atoms. The molecule has 1 unspecified atom stereocenters. The second kappa shape index (κ2) is 9.67. The lowest BCUT2D eigenvalue weighted by Crippen LogP contribution is -2.35. The smallest absolute Gasteiger partial charge is 0.242 e. The number of hydrogen-bond donors (Lipinski definition) is 2. The van der Waals surface area contributed by atoms with Gasteiger partial charge in [-0.1, -0.05) is 37.1 Å². The Labute approximate surface area is 161 Å². The highest BCUT2D eigenvalue weighted by Crippen LogP contribution is 2.15. The molecule has 1 aliphatic rings. The molecule has 2 aromatic rings. The minimum atomic E-state index is -0.390. The van der Waals surface area contributed by atoms with E-state index < -0.39 is 0 Å². The van der Waals surface area contributed by atoms with Gasteiger partial charge in [0.15, 0.2) is 0 Å². The number of aromatic nitrogens is 2. The van der Waals surface area contributed by atoms with E-state index in [1.54, 1.807) is 17.9 Å². The summed E-state index contributed by atoms with van der Waals surface area (Å²) < 4.78 is 1.71. The van der Waals surface area contributed by atoms with Crippen LogP contribution in [0, 0.1) is 0 Å². The second-order valence-electron chi connectivity index (χ2n) is 7.40. The van der Waals surface area contributed by atoms with Crippen LogP contribution in [0.3, 0.4) is 0 Å². The number of aryl methyl sites for hydroxylation is 1. The molecule has 2 heterocycles. The van der Waals surface area contributed by atoms with Gasteiger partial charge in [0.25, 0.3) is 0 Å². The maximum Gasteiger partial charge on any atom is 0.242 e. The van der Waals surface area contributed by atoms with Gasteiger partial charge in [-0.15, -0.1) is 0 Å². The first-order chi connectivity index (χ1) is 13.2. The van der Waals surface area contributed by atoms with E-state index in [-0.39, 0.29) is 11.9 Å². The van der Waals surface area contributed by atoms with E-state index in [2.05, 4.69) is 44.9 Å². The standard InChI is InChI=1S/C21H31N5O/c1-22-20(19-14-24-25(2)16-19)21(27)23-13-17-8-7-9-18(12-17)15-26-10-5-3-4-6-11-26/h7-9,12,14,16,20,22H,3-6,10-11,13,15H2,1-2H3,(H,23,27). The topological polar surface area (TPSA) is 62.2 Å². The average Bonchev–Trinajstić information content (AvgIpc) is 2.92. The minimum absolute atomic E-state index is 0.0385. The Morgan fingerprint density at radius 3 is 2.59 bits per heavy atom. The van der Waals surface area contributed by atoms with Gasteiger partial charge in [-0.05, 0) is 44.1 Å². The number of rotatable bonds is 7. The van der Waals surface area contributed by atoms with Crippen LogP contribution in [0.15, 0.2) is 36.7 Å². The van der Waals surface area contributed by atoms with Crippen molar-refractivity contribution in [2.75, 3.05) is 20.1 Å². The molecule has 1 amide bonds. The third kappa shape index (κ3) is 5.65. The van der Waals surface area contributed by atoms with Crippen molar-refractivity contribution in [3.63, 3.8) is 0 Å². The normalized spacial score (nSPS) is 16.7. The van der Waals surface area contributed by atoms with Crippen LogP contribution in [-0.2, 0) is 24.9 Å². The summed E-state index contributed by atoms with van der Waals surface area (Å²) in [4.78, 5) is 15.1. The highest BCUT2D eigenvalue weighted by molar-refractivity contribution is 5.83. The van der Waals surface area contributed by atoms with Crippen LogP contribution in [0.5, 0.6) is 0 Å². The summed E-state index contributed by atoms with van der Waals surface area (Å²) in [6.07, 6.45) is 8.90. The summed E-state index contributed by atoms with van der Waals surface area (Å²) in [6, 6.07) is 8.17. The molecule has 0 saturated carbocycles. The molecular formula is C21H31N5O. The van der Waals surface area contributed by atoms with Crippen molar-refractivity contribution in [2.24, 2.45) is 7.05 Å². The first-order valence-electron chi connectivity index (χ1n) is 9.89. The van der Waals surface area contributed by atoms with Gasteiger partial charge in [-0.25, -0.2) is 0 Å².